The molecule has 0 aliphatic carbocycles. The zero-order chi connectivity index (χ0) is 28.9. The Morgan fingerprint density at radius 3 is 2.18 bits per heavy atom. The van der Waals surface area contributed by atoms with Crippen LogP contribution in [0.1, 0.15) is 66.9 Å². The van der Waals surface area contributed by atoms with Crippen molar-refractivity contribution in [3.63, 3.8) is 0 Å². The van der Waals surface area contributed by atoms with Crippen molar-refractivity contribution in [2.75, 3.05) is 26.7 Å². The molecule has 0 saturated heterocycles. The number of hydrogen-bond donors (Lipinski definition) is 5. The molecule has 5 N–H and O–H groups in total. The van der Waals surface area contributed by atoms with E-state index >= 15 is 0 Å². The van der Waals surface area contributed by atoms with Crippen LogP contribution < -0.4 is 21.3 Å². The predicted molar refractivity (Wildman–Crippen MR) is 153 cm³/mol. The molecule has 0 fully saturated rings. The van der Waals surface area contributed by atoms with E-state index in [4.69, 9.17) is 0 Å². The fourth-order valence-electron chi connectivity index (χ4n) is 3.95. The van der Waals surface area contributed by atoms with Crippen LogP contribution in [0.2, 0.25) is 0 Å². The third-order valence-corrected chi connectivity index (χ3v) is 6.39. The summed E-state index contributed by atoms with van der Waals surface area (Å²) in [7, 11) is 1.67. The van der Waals surface area contributed by atoms with Gasteiger partial charge in [0.15, 0.2) is 0 Å². The van der Waals surface area contributed by atoms with Gasteiger partial charge in [-0.3, -0.25) is 9.59 Å². The molecule has 4 amide bonds. The number of nitrogens with zero attached hydrogens (tertiary/aromatic N) is 1. The van der Waals surface area contributed by atoms with E-state index in [2.05, 4.69) is 35.1 Å². The summed E-state index contributed by atoms with van der Waals surface area (Å²) in [5.41, 5.74) is 0.522. The first-order chi connectivity index (χ1) is 17.8. The summed E-state index contributed by atoms with van der Waals surface area (Å²) in [6.45, 7) is 14.4. The molecule has 9 heteroatoms. The lowest BCUT2D eigenvalue weighted by atomic mass is 9.96. The zero-order valence-electron chi connectivity index (χ0n) is 24.6. The first kappa shape index (κ1) is 33.4. The van der Waals surface area contributed by atoms with Crippen molar-refractivity contribution < 1.29 is 19.5 Å². The van der Waals surface area contributed by atoms with Crippen molar-refractivity contribution in [2.45, 2.75) is 91.5 Å². The molecule has 2 unspecified atom stereocenters. The van der Waals surface area contributed by atoms with Crippen molar-refractivity contribution in [3.8, 4) is 0 Å². The number of urea groups is 1. The van der Waals surface area contributed by atoms with Crippen molar-refractivity contribution >= 4 is 17.8 Å². The second-order valence-corrected chi connectivity index (χ2v) is 11.6. The maximum Gasteiger partial charge on any atom is 0.317 e. The van der Waals surface area contributed by atoms with Gasteiger partial charge in [-0.1, -0.05) is 64.4 Å². The van der Waals surface area contributed by atoms with E-state index in [-0.39, 0.29) is 36.9 Å². The number of nitrogens with one attached hydrogen (secondary N) is 4. The molecule has 0 spiro atoms. The molecule has 9 nitrogen and oxygen atoms in total. The summed E-state index contributed by atoms with van der Waals surface area (Å²) in [6.07, 6.45) is 0.833. The van der Waals surface area contributed by atoms with E-state index in [1.807, 2.05) is 65.0 Å². The minimum Gasteiger partial charge on any atom is -0.389 e. The van der Waals surface area contributed by atoms with Gasteiger partial charge >= 0.3 is 6.03 Å². The van der Waals surface area contributed by atoms with Gasteiger partial charge in [0, 0.05) is 12.1 Å². The quantitative estimate of drug-likeness (QED) is 0.237. The number of amides is 4. The predicted octanol–water partition coefficient (Wildman–Crippen LogP) is 2.68. The van der Waals surface area contributed by atoms with Crippen LogP contribution in [0.4, 0.5) is 4.79 Å². The summed E-state index contributed by atoms with van der Waals surface area (Å²) in [5.74, 6) is -0.344. The lowest BCUT2D eigenvalue weighted by Gasteiger charge is -2.34. The second kappa shape index (κ2) is 16.3. The van der Waals surface area contributed by atoms with Gasteiger partial charge in [-0.25, -0.2) is 4.79 Å². The normalized spacial score (nSPS) is 14.8. The molecule has 1 aromatic carbocycles. The Hall–Kier alpha value is -2.65. The van der Waals surface area contributed by atoms with Gasteiger partial charge in [0.1, 0.15) is 6.04 Å². The second-order valence-electron chi connectivity index (χ2n) is 11.6. The van der Waals surface area contributed by atoms with E-state index in [1.165, 1.54) is 0 Å². The third kappa shape index (κ3) is 12.7. The monoisotopic (exact) mass is 533 g/mol. The molecule has 0 heterocycles. The van der Waals surface area contributed by atoms with Crippen molar-refractivity contribution in [1.82, 2.24) is 26.2 Å². The number of aliphatic hydroxyl groups excluding tert-OH is 1. The average molecular weight is 534 g/mol. The number of carbonyl (C=O) groups is 3. The highest BCUT2D eigenvalue weighted by atomic mass is 16.3. The molecular weight excluding hydrogens is 482 g/mol. The number of carbonyl (C=O) groups excluding carboxylic acids is 3. The molecule has 0 bridgehead atoms. The maximum atomic E-state index is 13.5. The number of aliphatic hydroxyl groups is 1. The van der Waals surface area contributed by atoms with Crippen LogP contribution in [-0.2, 0) is 16.0 Å². The van der Waals surface area contributed by atoms with Crippen molar-refractivity contribution in [3.05, 3.63) is 35.9 Å². The number of hydrogen-bond acceptors (Lipinski definition) is 5. The summed E-state index contributed by atoms with van der Waals surface area (Å²) in [5, 5.41) is 23.0. The molecule has 1 aromatic rings. The van der Waals surface area contributed by atoms with E-state index < -0.39 is 23.7 Å². The Morgan fingerprint density at radius 2 is 1.66 bits per heavy atom. The van der Waals surface area contributed by atoms with Gasteiger partial charge in [-0.2, -0.15) is 0 Å². The zero-order valence-corrected chi connectivity index (χ0v) is 24.6. The number of likely N-dealkylation sites (N-methyl/N-ethyl adjacent to an activating group) is 1. The van der Waals surface area contributed by atoms with E-state index in [9.17, 15) is 19.5 Å². The lowest BCUT2D eigenvalue weighted by Crippen LogP contribution is -2.58. The van der Waals surface area contributed by atoms with Crippen LogP contribution in [0.15, 0.2) is 30.3 Å². The molecule has 216 valence electrons. The van der Waals surface area contributed by atoms with Crippen molar-refractivity contribution in [1.29, 1.82) is 0 Å². The summed E-state index contributed by atoms with van der Waals surface area (Å²) in [4.78, 5) is 40.5. The molecule has 4 atom stereocenters. The van der Waals surface area contributed by atoms with Crippen LogP contribution in [0.3, 0.4) is 0 Å². The topological polar surface area (TPSA) is 123 Å². The standard InChI is InChI=1S/C29H51N5O4/c1-9-21(4)26(32-25(36)18-30-8)27(37)31-23(17-22-13-11-10-12-14-22)24(35)19-34(16-15-20(2)3)28(38)33-29(5,6)7/h10-14,20-21,23-24,26,30,35H,9,15-19H2,1-8H3,(H,31,37)(H,32,36)(H,33,38)/t21-,23?,24?,26-/m0/s1. The Labute approximate surface area is 229 Å². The highest BCUT2D eigenvalue weighted by Gasteiger charge is 2.32. The smallest absolute Gasteiger partial charge is 0.317 e. The fraction of sp³-hybridized carbons (Fsp3) is 0.690. The molecule has 1 rings (SSSR count). The number of benzene rings is 1. The van der Waals surface area contributed by atoms with E-state index in [1.54, 1.807) is 11.9 Å². The van der Waals surface area contributed by atoms with Gasteiger partial charge in [0.2, 0.25) is 11.8 Å². The average Bonchev–Trinajstić information content (AvgIpc) is 2.83. The van der Waals surface area contributed by atoms with Crippen LogP contribution in [0, 0.1) is 11.8 Å². The molecule has 0 aliphatic heterocycles. The highest BCUT2D eigenvalue weighted by molar-refractivity contribution is 5.88. The molecule has 0 radical (unpaired) electrons. The minimum atomic E-state index is -1.03. The van der Waals surface area contributed by atoms with E-state index in [0.717, 1.165) is 12.0 Å². The summed E-state index contributed by atoms with van der Waals surface area (Å²) in [6, 6.07) is 7.95. The van der Waals surface area contributed by atoms with Gasteiger partial charge in [-0.05, 0) is 58.1 Å². The fourth-order valence-corrected chi connectivity index (χ4v) is 3.95. The molecule has 0 saturated carbocycles. The molecule has 0 aliphatic rings. The van der Waals surface area contributed by atoms with Gasteiger partial charge in [-0.15, -0.1) is 0 Å². The number of rotatable bonds is 15. The Bertz CT molecular complexity index is 856. The maximum absolute atomic E-state index is 13.5. The highest BCUT2D eigenvalue weighted by Crippen LogP contribution is 2.14. The third-order valence-electron chi connectivity index (χ3n) is 6.39. The largest absolute Gasteiger partial charge is 0.389 e. The molecular formula is C29H51N5O4. The van der Waals surface area contributed by atoms with Crippen LogP contribution in [-0.4, -0.2) is 78.3 Å². The van der Waals surface area contributed by atoms with Crippen LogP contribution in [0.5, 0.6) is 0 Å². The summed E-state index contributed by atoms with van der Waals surface area (Å²) >= 11 is 0. The molecule has 38 heavy (non-hydrogen) atoms. The first-order valence-corrected chi connectivity index (χ1v) is 13.8. The minimum absolute atomic E-state index is 0.0620. The van der Waals surface area contributed by atoms with Gasteiger partial charge in [0.25, 0.3) is 0 Å². The van der Waals surface area contributed by atoms with Crippen LogP contribution in [0.25, 0.3) is 0 Å². The SMILES string of the molecule is CC[C@H](C)[C@H](NC(=O)CNC)C(=O)NC(Cc1ccccc1)C(O)CN(CCC(C)C)C(=O)NC(C)(C)C. The van der Waals surface area contributed by atoms with Gasteiger partial charge in [0.05, 0.1) is 25.2 Å². The first-order valence-electron chi connectivity index (χ1n) is 13.8. The van der Waals surface area contributed by atoms with Crippen molar-refractivity contribution in [2.24, 2.45) is 11.8 Å². The van der Waals surface area contributed by atoms with Gasteiger partial charge < -0.3 is 31.3 Å². The summed E-state index contributed by atoms with van der Waals surface area (Å²) < 4.78 is 0. The Morgan fingerprint density at radius 1 is 1.03 bits per heavy atom. The van der Waals surface area contributed by atoms with E-state index in [0.29, 0.717) is 25.3 Å². The Balaban J connectivity index is 3.20. The lowest BCUT2D eigenvalue weighted by molar-refractivity contribution is -0.130. The Kier molecular flexibility index (Phi) is 14.4. The van der Waals surface area contributed by atoms with Crippen LogP contribution >= 0.6 is 0 Å². The molecule has 0 aromatic heterocycles.